The molecule has 11 aromatic rings. The topological polar surface area (TPSA) is 520 Å². The van der Waals surface area contributed by atoms with E-state index in [2.05, 4.69) is 37.7 Å². The number of aliphatic carboxylic acids is 4. The van der Waals surface area contributed by atoms with E-state index in [0.717, 1.165) is 97.1 Å². The lowest BCUT2D eigenvalue weighted by molar-refractivity contribution is -0.140. The fraction of sp³-hybridized carbons (Fsp3) is 0.358. The highest BCUT2D eigenvalue weighted by molar-refractivity contribution is 6.33. The van der Waals surface area contributed by atoms with Crippen molar-refractivity contribution in [3.63, 3.8) is 0 Å². The normalized spacial score (nSPS) is 19.8. The minimum atomic E-state index is -1.12. The molecule has 696 valence electrons. The number of nitrogens with two attached hydrogens (primary N) is 1. The molecule has 4 aliphatic heterocycles. The Balaban J connectivity index is 0.000000128. The van der Waals surface area contributed by atoms with Crippen LogP contribution in [0.15, 0.2) is 136 Å². The van der Waals surface area contributed by atoms with Gasteiger partial charge in [0.05, 0.1) is 91.6 Å². The highest BCUT2D eigenvalue weighted by atomic mass is 19.1. The van der Waals surface area contributed by atoms with Crippen molar-refractivity contribution in [3.05, 3.63) is 165 Å². The van der Waals surface area contributed by atoms with E-state index >= 15 is 0 Å². The van der Waals surface area contributed by atoms with Crippen LogP contribution in [-0.2, 0) is 73.5 Å². The third kappa shape index (κ3) is 17.4. The van der Waals surface area contributed by atoms with E-state index in [1.54, 1.807) is 80.6 Å². The van der Waals surface area contributed by atoms with Gasteiger partial charge in [0.15, 0.2) is 52.0 Å². The van der Waals surface area contributed by atoms with Gasteiger partial charge < -0.3 is 63.6 Å². The molecule has 10 amide bonds. The number of hydrogen-bond acceptors (Lipinski definition) is 26. The molecule has 6 aromatic carbocycles. The summed E-state index contributed by atoms with van der Waals surface area (Å²) in [7, 11) is 0. The van der Waals surface area contributed by atoms with Crippen LogP contribution in [0.25, 0.3) is 66.1 Å². The number of nitrogens with one attached hydrogen (secondary N) is 1. The van der Waals surface area contributed by atoms with Crippen molar-refractivity contribution in [2.75, 3.05) is 38.1 Å². The molecule has 7 N–H and O–H groups in total. The van der Waals surface area contributed by atoms with Crippen LogP contribution in [0.5, 0.6) is 11.6 Å². The number of aromatic nitrogens is 5. The number of anilines is 5. The van der Waals surface area contributed by atoms with Crippen molar-refractivity contribution in [1.29, 1.82) is 0 Å². The molecule has 0 bridgehead atoms. The van der Waals surface area contributed by atoms with Gasteiger partial charge in [0.2, 0.25) is 41.4 Å². The first-order valence-electron chi connectivity index (χ1n) is 43.4. The Morgan fingerprint density at radius 2 is 0.918 bits per heavy atom. The number of rotatable bonds is 20. The van der Waals surface area contributed by atoms with Crippen LogP contribution in [0.2, 0.25) is 0 Å². The quantitative estimate of drug-likeness (QED) is 0.0305. The Bertz CT molecular complexity index is 6760. The second-order valence-corrected chi connectivity index (χ2v) is 34.0. The third-order valence-corrected chi connectivity index (χ3v) is 25.9. The fourth-order valence-electron chi connectivity index (χ4n) is 19.0. The average molecular weight is 1840 g/mol. The van der Waals surface area contributed by atoms with E-state index < -0.39 is 108 Å². The Morgan fingerprint density at radius 3 is 1.39 bits per heavy atom. The van der Waals surface area contributed by atoms with E-state index in [-0.39, 0.29) is 137 Å². The largest absolute Gasteiger partial charge is 0.481 e. The molecule has 0 spiro atoms. The summed E-state index contributed by atoms with van der Waals surface area (Å²) < 4.78 is 80.9. The smallest absolute Gasteiger partial charge is 0.341 e. The molecule has 5 aromatic heterocycles. The van der Waals surface area contributed by atoms with Gasteiger partial charge in [0.1, 0.15) is 47.0 Å². The second-order valence-electron chi connectivity index (χ2n) is 34.0. The van der Waals surface area contributed by atoms with Gasteiger partial charge in [-0.25, -0.2) is 32.7 Å². The summed E-state index contributed by atoms with van der Waals surface area (Å²) in [5.74, 6) is -13.9. The van der Waals surface area contributed by atoms with Crippen LogP contribution < -0.4 is 40.1 Å². The monoisotopic (exact) mass is 1840 g/mol. The Labute approximate surface area is 758 Å². The number of primary amides is 1. The van der Waals surface area contributed by atoms with Gasteiger partial charge in [-0.05, 0) is 183 Å². The van der Waals surface area contributed by atoms with Gasteiger partial charge in [0.25, 0.3) is 23.6 Å². The molecule has 8 atom stereocenters. The van der Waals surface area contributed by atoms with Crippen LogP contribution in [0.4, 0.5) is 41.6 Å². The number of fused-ring (bicyclic) bond motifs is 8. The standard InChI is InChI=1S/C23H20N2O6.C19H19FN2O5.C18H17FN2O5.C18H19N3O4.C17H15FN2O5/c26-20(27)12-30-18-8-4-3-7-16(18)21-17-11-13(9-10-19(17)31-24-21)25-22(28)14-5-1-2-6-15(14)23(25)29;1-8-14-13(27-21-15(14)9(2)19(25)26)7-12(20)16(8)22-17(23)10-5-3-4-6-11(10)18(22)24;1-8-15-12(7-14(22)23)20-26-13(15)6-11(19)16(8)21-17(24)9-4-2-3-5-10(9)18(21)25;1-2-9-24-18-14-10-11(7-8-15(14)25-21-18)20-17(23)13-6-4-3-5-12(13)16(19)22;1-6-7(2)16(22)20(15(6)21)14-8(3)12-11(5-10(14)18)25-19-13(12)9(4)17(23)24/h3-4,7-11,14-15H,1-2,5-6,12H2,(H,26,27);7,9-11H,3-6H2,1-2H3,(H,25,26);6,9-10H,2-5,7H2,1H3,(H,22,23);2,7-8,10H,1,3-6,9H2,(H2,19,22)(H,20,23);5,9H,1-4H3,(H,23,24). The number of para-hydroxylation sites is 1. The maximum atomic E-state index is 14.9. The maximum Gasteiger partial charge on any atom is 0.341 e. The Morgan fingerprint density at radius 1 is 0.493 bits per heavy atom. The number of benzene rings is 6. The zero-order valence-electron chi connectivity index (χ0n) is 73.4. The number of carboxylic acids is 4. The molecule has 8 unspecified atom stereocenters. The van der Waals surface area contributed by atoms with Gasteiger partial charge in [-0.3, -0.25) is 67.2 Å². The SMILES string of the molecule is C=CCOc1noc2ccc(NC(=O)C3=C(C(N)=O)CCCC3)cc12.CC1=C(C)C(=O)N(c2c(F)cc3onc(C(C)C(=O)O)c3c2C)C1=O.Cc1c(N2C(=O)C3CCCCC3C2=O)c(F)cc2onc(C(C)C(=O)O)c12.Cc1c(N2C(=O)C3CCCCC3C2=O)c(F)cc2onc(CC(=O)O)c12.O=C(O)COc1ccccc1-c1noc2ccc(N3C(=O)C4CCCCC4C3=O)cc12. The van der Waals surface area contributed by atoms with Crippen LogP contribution in [-0.4, -0.2) is 142 Å². The predicted molar refractivity (Wildman–Crippen MR) is 470 cm³/mol. The number of halogens is 3. The molecule has 8 aliphatic rings. The molecule has 36 nitrogen and oxygen atoms in total. The lowest BCUT2D eigenvalue weighted by Gasteiger charge is -2.19. The van der Waals surface area contributed by atoms with Crippen molar-refractivity contribution in [2.24, 2.45) is 41.2 Å². The summed E-state index contributed by atoms with van der Waals surface area (Å²) in [5.41, 5.74) is 10.9. The first-order chi connectivity index (χ1) is 64.0. The van der Waals surface area contributed by atoms with Crippen molar-refractivity contribution in [3.8, 4) is 22.9 Å². The molecule has 4 aliphatic carbocycles. The van der Waals surface area contributed by atoms with E-state index in [9.17, 15) is 90.5 Å². The third-order valence-electron chi connectivity index (χ3n) is 25.9. The number of carboxylic acid groups (broad SMARTS) is 4. The molecule has 6 fully saturated rings. The number of imide groups is 4. The molecule has 3 saturated carbocycles. The summed E-state index contributed by atoms with van der Waals surface area (Å²) in [6, 6.07) is 20.3. The lowest BCUT2D eigenvalue weighted by atomic mass is 9.81. The highest BCUT2D eigenvalue weighted by Gasteiger charge is 2.53. The molecule has 134 heavy (non-hydrogen) atoms. The molecule has 19 rings (SSSR count). The highest BCUT2D eigenvalue weighted by Crippen LogP contribution is 2.49. The molecular formula is C95H90F3N11O25. The van der Waals surface area contributed by atoms with Gasteiger partial charge in [-0.2, -0.15) is 0 Å². The summed E-state index contributed by atoms with van der Waals surface area (Å²) in [5, 5.41) is 60.7. The molecule has 0 radical (unpaired) electrons. The summed E-state index contributed by atoms with van der Waals surface area (Å²) >= 11 is 0. The van der Waals surface area contributed by atoms with Gasteiger partial charge in [0, 0.05) is 51.7 Å². The second kappa shape index (κ2) is 38.2. The van der Waals surface area contributed by atoms with Crippen LogP contribution in [0.1, 0.15) is 176 Å². The number of hydrogen-bond donors (Lipinski definition) is 6. The minimum Gasteiger partial charge on any atom is -0.481 e. The van der Waals surface area contributed by atoms with Crippen molar-refractivity contribution in [2.45, 2.75) is 169 Å². The number of ether oxygens (including phenoxy) is 2. The molecule has 3 saturated heterocycles. The zero-order chi connectivity index (χ0) is 96.0. The maximum absolute atomic E-state index is 14.9. The van der Waals surface area contributed by atoms with E-state index in [1.807, 2.05) is 0 Å². The molecule has 9 heterocycles. The predicted octanol–water partition coefficient (Wildman–Crippen LogP) is 14.7. The number of aryl methyl sites for hydroxylation is 3. The van der Waals surface area contributed by atoms with Crippen LogP contribution in [0, 0.1) is 73.7 Å². The molecule has 39 heteroatoms. The van der Waals surface area contributed by atoms with Gasteiger partial charge in [-0.1, -0.05) is 83.9 Å². The van der Waals surface area contributed by atoms with E-state index in [1.165, 1.54) is 39.5 Å². The Kier molecular flexibility index (Phi) is 26.6. The summed E-state index contributed by atoms with van der Waals surface area (Å²) in [4.78, 5) is 175. The summed E-state index contributed by atoms with van der Waals surface area (Å²) in [6.45, 7) is 13.9. The van der Waals surface area contributed by atoms with E-state index in [0.29, 0.717) is 123 Å². The Hall–Kier alpha value is -15.3. The van der Waals surface area contributed by atoms with Gasteiger partial charge >= 0.3 is 23.9 Å². The molecular weight excluding hydrogens is 1750 g/mol. The average Bonchev–Trinajstić information content (AvgIpc) is 1.58. The fourth-order valence-corrected chi connectivity index (χ4v) is 19.0. The van der Waals surface area contributed by atoms with Crippen LogP contribution in [0.3, 0.4) is 0 Å². The minimum absolute atomic E-state index is 0.0577. The summed E-state index contributed by atoms with van der Waals surface area (Å²) in [6.07, 6.45) is 13.5. The number of carbonyl (C=O) groups is 14. The number of amides is 10. The number of nitrogens with zero attached hydrogens (tertiary/aromatic N) is 9. The van der Waals surface area contributed by atoms with Gasteiger partial charge in [-0.15, -0.1) is 0 Å². The first kappa shape index (κ1) is 93.3. The van der Waals surface area contributed by atoms with E-state index in [4.69, 9.17) is 48.0 Å². The first-order valence-corrected chi connectivity index (χ1v) is 43.4. The van der Waals surface area contributed by atoms with Crippen molar-refractivity contribution < 1.29 is 133 Å². The van der Waals surface area contributed by atoms with Crippen molar-refractivity contribution in [1.82, 2.24) is 25.8 Å². The van der Waals surface area contributed by atoms with Crippen molar-refractivity contribution >= 4 is 166 Å². The van der Waals surface area contributed by atoms with Crippen LogP contribution >= 0.6 is 0 Å². The zero-order valence-corrected chi connectivity index (χ0v) is 73.4. The number of carbonyl (C=O) groups excluding carboxylic acids is 10. The lowest BCUT2D eigenvalue weighted by Crippen LogP contribution is -2.32.